The van der Waals surface area contributed by atoms with Gasteiger partial charge in [0.2, 0.25) is 11.8 Å². The molecule has 0 spiro atoms. The van der Waals surface area contributed by atoms with Gasteiger partial charge in [-0.25, -0.2) is 0 Å². The largest absolute Gasteiger partial charge is 0.493 e. The molecule has 0 unspecified atom stereocenters. The van der Waals surface area contributed by atoms with Crippen molar-refractivity contribution in [2.24, 2.45) is 17.8 Å². The number of rotatable bonds is 7. The first-order valence-corrected chi connectivity index (χ1v) is 9.73. The van der Waals surface area contributed by atoms with E-state index in [2.05, 4.69) is 5.32 Å². The lowest BCUT2D eigenvalue weighted by Crippen LogP contribution is -2.37. The first kappa shape index (κ1) is 19.5. The van der Waals surface area contributed by atoms with Gasteiger partial charge in [0.1, 0.15) is 0 Å². The standard InChI is InChI=1S/C21H30N2O4/c1-13(2)21(25)23-11-16(15-6-5-7-18(26-3)19(15)27-4)17(12-23)20(24)22-10-14-8-9-14/h5-7,13-14,16-17H,8-12H2,1-4H3,(H,22,24)/t16-,17+/m1/s1. The number of carbonyl (C=O) groups is 2. The Balaban J connectivity index is 1.88. The van der Waals surface area contributed by atoms with Gasteiger partial charge >= 0.3 is 0 Å². The van der Waals surface area contributed by atoms with E-state index in [0.717, 1.165) is 12.1 Å². The molecule has 0 radical (unpaired) electrons. The zero-order valence-corrected chi connectivity index (χ0v) is 16.7. The molecule has 2 fully saturated rings. The molecule has 148 valence electrons. The molecule has 1 aromatic rings. The highest BCUT2D eigenvalue weighted by atomic mass is 16.5. The van der Waals surface area contributed by atoms with Crippen LogP contribution in [0.15, 0.2) is 18.2 Å². The molecule has 1 aliphatic carbocycles. The molecule has 6 nitrogen and oxygen atoms in total. The molecule has 3 rings (SSSR count). The summed E-state index contributed by atoms with van der Waals surface area (Å²) in [6, 6.07) is 5.72. The molecule has 1 aliphatic heterocycles. The average molecular weight is 374 g/mol. The van der Waals surface area contributed by atoms with Crippen LogP contribution in [0.3, 0.4) is 0 Å². The van der Waals surface area contributed by atoms with Gasteiger partial charge in [0.25, 0.3) is 0 Å². The summed E-state index contributed by atoms with van der Waals surface area (Å²) in [5.41, 5.74) is 0.919. The number of hydrogen-bond donors (Lipinski definition) is 1. The molecule has 1 saturated carbocycles. The van der Waals surface area contributed by atoms with Gasteiger partial charge in [0.05, 0.1) is 20.1 Å². The number of hydrogen-bond acceptors (Lipinski definition) is 4. The third-order valence-corrected chi connectivity index (χ3v) is 5.56. The molecule has 1 heterocycles. The molecule has 1 N–H and O–H groups in total. The second-order valence-corrected chi connectivity index (χ2v) is 7.88. The van der Waals surface area contributed by atoms with E-state index in [9.17, 15) is 9.59 Å². The number of ether oxygens (including phenoxy) is 2. The first-order chi connectivity index (χ1) is 13.0. The topological polar surface area (TPSA) is 67.9 Å². The minimum absolute atomic E-state index is 0.0239. The minimum atomic E-state index is -0.285. The normalized spacial score (nSPS) is 22.0. The van der Waals surface area contributed by atoms with Crippen molar-refractivity contribution in [3.8, 4) is 11.5 Å². The van der Waals surface area contributed by atoms with Crippen molar-refractivity contribution in [3.63, 3.8) is 0 Å². The van der Waals surface area contributed by atoms with E-state index in [0.29, 0.717) is 30.5 Å². The number of methoxy groups -OCH3 is 2. The number of likely N-dealkylation sites (tertiary alicyclic amines) is 1. The maximum atomic E-state index is 12.9. The minimum Gasteiger partial charge on any atom is -0.493 e. The van der Waals surface area contributed by atoms with Gasteiger partial charge in [-0.2, -0.15) is 0 Å². The van der Waals surface area contributed by atoms with E-state index in [1.54, 1.807) is 14.2 Å². The quantitative estimate of drug-likeness (QED) is 0.796. The molecular weight excluding hydrogens is 344 g/mol. The van der Waals surface area contributed by atoms with E-state index in [-0.39, 0.29) is 29.6 Å². The fourth-order valence-corrected chi connectivity index (χ4v) is 3.83. The number of nitrogens with one attached hydrogen (secondary N) is 1. The third-order valence-electron chi connectivity index (χ3n) is 5.56. The Kier molecular flexibility index (Phi) is 5.92. The Morgan fingerprint density at radius 1 is 1.19 bits per heavy atom. The van der Waals surface area contributed by atoms with Gasteiger partial charge in [-0.3, -0.25) is 9.59 Å². The summed E-state index contributed by atoms with van der Waals surface area (Å²) in [5.74, 6) is 1.52. The van der Waals surface area contributed by atoms with E-state index < -0.39 is 0 Å². The van der Waals surface area contributed by atoms with E-state index in [1.165, 1.54) is 12.8 Å². The zero-order valence-electron chi connectivity index (χ0n) is 16.7. The van der Waals surface area contributed by atoms with Crippen molar-refractivity contribution in [3.05, 3.63) is 23.8 Å². The number of para-hydroxylation sites is 1. The van der Waals surface area contributed by atoms with Gasteiger partial charge in [-0.05, 0) is 24.8 Å². The summed E-state index contributed by atoms with van der Waals surface area (Å²) in [6.07, 6.45) is 2.38. The van der Waals surface area contributed by atoms with Gasteiger partial charge in [0.15, 0.2) is 11.5 Å². The predicted octanol–water partition coefficient (Wildman–Crippen LogP) is 2.43. The van der Waals surface area contributed by atoms with Crippen LogP contribution in [0.1, 0.15) is 38.2 Å². The van der Waals surface area contributed by atoms with Crippen LogP contribution in [0.4, 0.5) is 0 Å². The predicted molar refractivity (Wildman–Crippen MR) is 103 cm³/mol. The Morgan fingerprint density at radius 3 is 2.52 bits per heavy atom. The van der Waals surface area contributed by atoms with E-state index in [1.807, 2.05) is 36.9 Å². The molecule has 2 aliphatic rings. The number of carbonyl (C=O) groups excluding carboxylic acids is 2. The fraction of sp³-hybridized carbons (Fsp3) is 0.619. The molecule has 0 bridgehead atoms. The number of benzene rings is 1. The van der Waals surface area contributed by atoms with Crippen LogP contribution in [-0.4, -0.2) is 50.6 Å². The highest BCUT2D eigenvalue weighted by molar-refractivity contribution is 5.84. The highest BCUT2D eigenvalue weighted by Gasteiger charge is 2.42. The van der Waals surface area contributed by atoms with Crippen molar-refractivity contribution in [2.45, 2.75) is 32.6 Å². The van der Waals surface area contributed by atoms with Crippen LogP contribution in [-0.2, 0) is 9.59 Å². The maximum absolute atomic E-state index is 12.9. The number of amides is 2. The molecule has 27 heavy (non-hydrogen) atoms. The van der Waals surface area contributed by atoms with Crippen LogP contribution in [0.25, 0.3) is 0 Å². The Bertz CT molecular complexity index is 699. The van der Waals surface area contributed by atoms with Crippen molar-refractivity contribution < 1.29 is 19.1 Å². The lowest BCUT2D eigenvalue weighted by molar-refractivity contribution is -0.133. The Hall–Kier alpha value is -2.24. The van der Waals surface area contributed by atoms with Crippen LogP contribution in [0.2, 0.25) is 0 Å². The van der Waals surface area contributed by atoms with Crippen molar-refractivity contribution in [2.75, 3.05) is 33.9 Å². The second kappa shape index (κ2) is 8.19. The van der Waals surface area contributed by atoms with E-state index in [4.69, 9.17) is 9.47 Å². The highest BCUT2D eigenvalue weighted by Crippen LogP contribution is 2.42. The fourth-order valence-electron chi connectivity index (χ4n) is 3.83. The molecular formula is C21H30N2O4. The summed E-state index contributed by atoms with van der Waals surface area (Å²) < 4.78 is 11.0. The van der Waals surface area contributed by atoms with Gasteiger partial charge in [0, 0.05) is 37.0 Å². The van der Waals surface area contributed by atoms with Crippen LogP contribution in [0.5, 0.6) is 11.5 Å². The summed E-state index contributed by atoms with van der Waals surface area (Å²) in [6.45, 7) is 5.48. The summed E-state index contributed by atoms with van der Waals surface area (Å²) >= 11 is 0. The second-order valence-electron chi connectivity index (χ2n) is 7.88. The maximum Gasteiger partial charge on any atom is 0.225 e. The molecule has 2 atom stereocenters. The first-order valence-electron chi connectivity index (χ1n) is 9.73. The van der Waals surface area contributed by atoms with Crippen LogP contribution >= 0.6 is 0 Å². The summed E-state index contributed by atoms with van der Waals surface area (Å²) in [4.78, 5) is 27.3. The van der Waals surface area contributed by atoms with Gasteiger partial charge < -0.3 is 19.7 Å². The summed E-state index contributed by atoms with van der Waals surface area (Å²) in [5, 5.41) is 3.09. The third kappa shape index (κ3) is 4.20. The van der Waals surface area contributed by atoms with Gasteiger partial charge in [-0.15, -0.1) is 0 Å². The lowest BCUT2D eigenvalue weighted by Gasteiger charge is -2.21. The lowest BCUT2D eigenvalue weighted by atomic mass is 9.87. The van der Waals surface area contributed by atoms with Crippen LogP contribution in [0, 0.1) is 17.8 Å². The van der Waals surface area contributed by atoms with Crippen molar-refractivity contribution in [1.82, 2.24) is 10.2 Å². The molecule has 1 aromatic carbocycles. The molecule has 1 saturated heterocycles. The van der Waals surface area contributed by atoms with Gasteiger partial charge in [-0.1, -0.05) is 26.0 Å². The average Bonchev–Trinajstić information content (AvgIpc) is 3.40. The van der Waals surface area contributed by atoms with Crippen molar-refractivity contribution >= 4 is 11.8 Å². The Morgan fingerprint density at radius 2 is 1.93 bits per heavy atom. The molecule has 2 amide bonds. The SMILES string of the molecule is COc1cccc([C@H]2CN(C(=O)C(C)C)C[C@@H]2C(=O)NCC2CC2)c1OC. The number of nitrogens with zero attached hydrogens (tertiary/aromatic N) is 1. The smallest absolute Gasteiger partial charge is 0.225 e. The molecule has 6 heteroatoms. The van der Waals surface area contributed by atoms with Crippen molar-refractivity contribution in [1.29, 1.82) is 0 Å². The zero-order chi connectivity index (χ0) is 19.6. The summed E-state index contributed by atoms with van der Waals surface area (Å²) in [7, 11) is 3.21. The van der Waals surface area contributed by atoms with Crippen LogP contribution < -0.4 is 14.8 Å². The monoisotopic (exact) mass is 374 g/mol. The Labute approximate surface area is 161 Å². The molecule has 0 aromatic heterocycles. The van der Waals surface area contributed by atoms with E-state index >= 15 is 0 Å².